The molecule has 0 atom stereocenters. The van der Waals surface area contributed by atoms with Gasteiger partial charge in [0, 0.05) is 28.9 Å². The van der Waals surface area contributed by atoms with Gasteiger partial charge in [-0.2, -0.15) is 0 Å². The molecule has 18 heavy (non-hydrogen) atoms. The van der Waals surface area contributed by atoms with Gasteiger partial charge in [0.25, 0.3) is 5.91 Å². The molecule has 1 aromatic carbocycles. The van der Waals surface area contributed by atoms with Crippen molar-refractivity contribution in [2.24, 2.45) is 0 Å². The van der Waals surface area contributed by atoms with Gasteiger partial charge in [-0.3, -0.25) is 4.79 Å². The maximum absolute atomic E-state index is 11.8. The molecule has 0 aliphatic heterocycles. The van der Waals surface area contributed by atoms with E-state index >= 15 is 0 Å². The van der Waals surface area contributed by atoms with Gasteiger partial charge in [-0.25, -0.2) is 4.98 Å². The molecular formula is C12H12ClN3OS. The lowest BCUT2D eigenvalue weighted by molar-refractivity contribution is 0.0954. The van der Waals surface area contributed by atoms with Crippen LogP contribution in [0.15, 0.2) is 29.6 Å². The highest BCUT2D eigenvalue weighted by Crippen LogP contribution is 2.12. The third-order valence-electron chi connectivity index (χ3n) is 2.32. The van der Waals surface area contributed by atoms with Gasteiger partial charge < -0.3 is 11.1 Å². The van der Waals surface area contributed by atoms with Crippen LogP contribution in [0.4, 0.5) is 5.13 Å². The van der Waals surface area contributed by atoms with E-state index in [2.05, 4.69) is 10.3 Å². The van der Waals surface area contributed by atoms with E-state index < -0.39 is 0 Å². The molecule has 4 nitrogen and oxygen atoms in total. The zero-order chi connectivity index (χ0) is 13.0. The molecule has 0 fully saturated rings. The number of benzene rings is 1. The highest BCUT2D eigenvalue weighted by Gasteiger charge is 2.05. The van der Waals surface area contributed by atoms with Gasteiger partial charge >= 0.3 is 0 Å². The van der Waals surface area contributed by atoms with Crippen molar-refractivity contribution in [3.8, 4) is 0 Å². The first-order valence-electron chi connectivity index (χ1n) is 5.39. The number of nitrogens with two attached hydrogens (primary N) is 1. The standard InChI is InChI=1S/C12H12ClN3OS/c13-9-3-1-2-8(6-9)11(17)15-5-4-10-7-18-12(14)16-10/h1-3,6-7H,4-5H2,(H2,14,16)(H,15,17). The van der Waals surface area contributed by atoms with E-state index in [1.807, 2.05) is 5.38 Å². The van der Waals surface area contributed by atoms with Crippen molar-refractivity contribution in [2.45, 2.75) is 6.42 Å². The molecule has 0 unspecified atom stereocenters. The summed E-state index contributed by atoms with van der Waals surface area (Å²) >= 11 is 7.22. The lowest BCUT2D eigenvalue weighted by Crippen LogP contribution is -2.25. The Hall–Kier alpha value is -1.59. The summed E-state index contributed by atoms with van der Waals surface area (Å²) < 4.78 is 0. The fourth-order valence-electron chi connectivity index (χ4n) is 1.47. The van der Waals surface area contributed by atoms with Crippen LogP contribution in [0.25, 0.3) is 0 Å². The second-order valence-corrected chi connectivity index (χ2v) is 5.02. The summed E-state index contributed by atoms with van der Waals surface area (Å²) in [5.41, 5.74) is 6.97. The monoisotopic (exact) mass is 281 g/mol. The molecule has 94 valence electrons. The molecule has 0 aliphatic rings. The van der Waals surface area contributed by atoms with Gasteiger partial charge in [-0.05, 0) is 18.2 Å². The number of hydrogen-bond donors (Lipinski definition) is 2. The van der Waals surface area contributed by atoms with Crippen LogP contribution in [0.1, 0.15) is 16.1 Å². The molecule has 0 saturated heterocycles. The van der Waals surface area contributed by atoms with Gasteiger partial charge in [0.15, 0.2) is 5.13 Å². The number of aromatic nitrogens is 1. The minimum atomic E-state index is -0.138. The predicted molar refractivity (Wildman–Crippen MR) is 74.0 cm³/mol. The molecule has 0 saturated carbocycles. The van der Waals surface area contributed by atoms with Crippen molar-refractivity contribution in [3.05, 3.63) is 45.9 Å². The van der Waals surface area contributed by atoms with Gasteiger partial charge in [0.1, 0.15) is 0 Å². The summed E-state index contributed by atoms with van der Waals surface area (Å²) in [7, 11) is 0. The lowest BCUT2D eigenvalue weighted by atomic mass is 10.2. The number of hydrogen-bond acceptors (Lipinski definition) is 4. The molecule has 2 aromatic rings. The van der Waals surface area contributed by atoms with Crippen LogP contribution in [0, 0.1) is 0 Å². The van der Waals surface area contributed by atoms with E-state index in [-0.39, 0.29) is 5.91 Å². The van der Waals surface area contributed by atoms with Crippen LogP contribution in [0.2, 0.25) is 5.02 Å². The van der Waals surface area contributed by atoms with Crippen molar-refractivity contribution < 1.29 is 4.79 Å². The lowest BCUT2D eigenvalue weighted by Gasteiger charge is -2.04. The molecule has 6 heteroatoms. The van der Waals surface area contributed by atoms with E-state index in [1.165, 1.54) is 11.3 Å². The minimum absolute atomic E-state index is 0.138. The van der Waals surface area contributed by atoms with E-state index in [9.17, 15) is 4.79 Å². The SMILES string of the molecule is Nc1nc(CCNC(=O)c2cccc(Cl)c2)cs1. The molecular weight excluding hydrogens is 270 g/mol. The Labute approximate surface area is 114 Å². The first-order valence-corrected chi connectivity index (χ1v) is 6.64. The molecule has 0 bridgehead atoms. The maximum atomic E-state index is 11.8. The normalized spacial score (nSPS) is 10.3. The van der Waals surface area contributed by atoms with E-state index in [0.717, 1.165) is 5.69 Å². The van der Waals surface area contributed by atoms with Gasteiger partial charge in [0.2, 0.25) is 0 Å². The van der Waals surface area contributed by atoms with Crippen molar-refractivity contribution in [1.29, 1.82) is 0 Å². The second kappa shape index (κ2) is 5.84. The minimum Gasteiger partial charge on any atom is -0.375 e. The summed E-state index contributed by atoms with van der Waals surface area (Å²) in [4.78, 5) is 15.9. The number of rotatable bonds is 4. The second-order valence-electron chi connectivity index (χ2n) is 3.69. The number of carbonyl (C=O) groups is 1. The largest absolute Gasteiger partial charge is 0.375 e. The number of nitrogens with one attached hydrogen (secondary N) is 1. The van der Waals surface area contributed by atoms with Gasteiger partial charge in [0.05, 0.1) is 5.69 Å². The third kappa shape index (κ3) is 3.45. The van der Waals surface area contributed by atoms with Crippen molar-refractivity contribution in [3.63, 3.8) is 0 Å². The average Bonchev–Trinajstić information content (AvgIpc) is 2.75. The molecule has 1 heterocycles. The van der Waals surface area contributed by atoms with Crippen molar-refractivity contribution in [1.82, 2.24) is 10.3 Å². The van der Waals surface area contributed by atoms with Crippen LogP contribution in [0.5, 0.6) is 0 Å². The average molecular weight is 282 g/mol. The van der Waals surface area contributed by atoms with Crippen LogP contribution in [-0.2, 0) is 6.42 Å². The number of amides is 1. The predicted octanol–water partition coefficient (Wildman–Crippen LogP) is 2.35. The maximum Gasteiger partial charge on any atom is 0.251 e. The quantitative estimate of drug-likeness (QED) is 0.904. The van der Waals surface area contributed by atoms with Crippen LogP contribution >= 0.6 is 22.9 Å². The molecule has 0 spiro atoms. The number of anilines is 1. The van der Waals surface area contributed by atoms with Crippen molar-refractivity contribution in [2.75, 3.05) is 12.3 Å². The summed E-state index contributed by atoms with van der Waals surface area (Å²) in [5, 5.41) is 5.80. The zero-order valence-corrected chi connectivity index (χ0v) is 11.1. The van der Waals surface area contributed by atoms with E-state index in [1.54, 1.807) is 24.3 Å². The fourth-order valence-corrected chi connectivity index (χ4v) is 2.26. The number of nitrogens with zero attached hydrogens (tertiary/aromatic N) is 1. The third-order valence-corrected chi connectivity index (χ3v) is 3.28. The fraction of sp³-hybridized carbons (Fsp3) is 0.167. The van der Waals surface area contributed by atoms with Crippen LogP contribution < -0.4 is 11.1 Å². The van der Waals surface area contributed by atoms with Gasteiger partial charge in [-0.1, -0.05) is 17.7 Å². The summed E-state index contributed by atoms with van der Waals surface area (Å²) in [5.74, 6) is -0.138. The summed E-state index contributed by atoms with van der Waals surface area (Å²) in [6, 6.07) is 6.84. The van der Waals surface area contributed by atoms with Crippen molar-refractivity contribution >= 4 is 34.0 Å². The first kappa shape index (κ1) is 12.9. The summed E-state index contributed by atoms with van der Waals surface area (Å²) in [6.07, 6.45) is 0.667. The van der Waals surface area contributed by atoms with E-state index in [4.69, 9.17) is 17.3 Å². The highest BCUT2D eigenvalue weighted by atomic mass is 35.5. The zero-order valence-electron chi connectivity index (χ0n) is 9.52. The molecule has 0 aliphatic carbocycles. The number of halogens is 1. The molecule has 1 aromatic heterocycles. The van der Waals surface area contributed by atoms with E-state index in [0.29, 0.717) is 28.7 Å². The topological polar surface area (TPSA) is 68.0 Å². The Morgan fingerprint density at radius 3 is 3.00 bits per heavy atom. The smallest absolute Gasteiger partial charge is 0.251 e. The van der Waals surface area contributed by atoms with Crippen LogP contribution in [-0.4, -0.2) is 17.4 Å². The van der Waals surface area contributed by atoms with Gasteiger partial charge in [-0.15, -0.1) is 11.3 Å². The Morgan fingerprint density at radius 2 is 2.33 bits per heavy atom. The Balaban J connectivity index is 1.85. The molecule has 0 radical (unpaired) electrons. The first-order chi connectivity index (χ1) is 8.65. The number of nitrogen functional groups attached to an aromatic ring is 1. The Bertz CT molecular complexity index is 556. The molecule has 2 rings (SSSR count). The highest BCUT2D eigenvalue weighted by molar-refractivity contribution is 7.13. The molecule has 1 amide bonds. The Kier molecular flexibility index (Phi) is 4.17. The molecule has 3 N–H and O–H groups in total. The van der Waals surface area contributed by atoms with Crippen LogP contribution in [0.3, 0.4) is 0 Å². The summed E-state index contributed by atoms with van der Waals surface area (Å²) in [6.45, 7) is 0.522. The number of carbonyl (C=O) groups excluding carboxylic acids is 1. The Morgan fingerprint density at radius 1 is 1.50 bits per heavy atom. The number of thiazole rings is 1.